The third kappa shape index (κ3) is 2.68. The van der Waals surface area contributed by atoms with Crippen LogP contribution in [0.2, 0.25) is 0 Å². The van der Waals surface area contributed by atoms with Crippen LogP contribution in [0.3, 0.4) is 0 Å². The second-order valence-electron chi connectivity index (χ2n) is 5.84. The molecule has 1 spiro atoms. The summed E-state index contributed by atoms with van der Waals surface area (Å²) < 4.78 is 11.2. The first-order chi connectivity index (χ1) is 10.7. The molecule has 0 bridgehead atoms. The van der Waals surface area contributed by atoms with Gasteiger partial charge < -0.3 is 19.5 Å². The van der Waals surface area contributed by atoms with Crippen LogP contribution in [0.25, 0.3) is 0 Å². The molecule has 6 nitrogen and oxygen atoms in total. The Morgan fingerprint density at radius 2 is 2.50 bits per heavy atom. The van der Waals surface area contributed by atoms with E-state index in [1.165, 1.54) is 0 Å². The Labute approximate surface area is 130 Å². The molecule has 2 saturated heterocycles. The van der Waals surface area contributed by atoms with Crippen LogP contribution in [0.15, 0.2) is 18.3 Å². The van der Waals surface area contributed by atoms with Gasteiger partial charge in [-0.1, -0.05) is 0 Å². The highest BCUT2D eigenvalue weighted by atomic mass is 16.5. The van der Waals surface area contributed by atoms with E-state index in [1.807, 2.05) is 6.92 Å². The van der Waals surface area contributed by atoms with E-state index in [1.54, 1.807) is 23.2 Å². The number of carbonyl (C=O) groups excluding carboxylic acids is 1. The van der Waals surface area contributed by atoms with E-state index in [0.29, 0.717) is 44.2 Å². The summed E-state index contributed by atoms with van der Waals surface area (Å²) in [6, 6.07) is 3.46. The molecule has 1 N–H and O–H groups in total. The molecule has 120 valence electrons. The standard InChI is InChI=1S/C16H22N2O4/c1-2-21-14-12(5-3-8-17-14)15(20)18-9-6-13(19)16(11-18)7-4-10-22-16/h3,5,8,13,19H,2,4,6-7,9-11H2,1H3/t13-,16-/m0/s1. The number of ether oxygens (including phenoxy) is 2. The predicted molar refractivity (Wildman–Crippen MR) is 79.9 cm³/mol. The van der Waals surface area contributed by atoms with E-state index < -0.39 is 11.7 Å². The lowest BCUT2D eigenvalue weighted by Crippen LogP contribution is -2.57. The van der Waals surface area contributed by atoms with Gasteiger partial charge in [-0.3, -0.25) is 4.79 Å². The summed E-state index contributed by atoms with van der Waals surface area (Å²) in [5.41, 5.74) is -0.129. The third-order valence-electron chi connectivity index (χ3n) is 4.44. The smallest absolute Gasteiger partial charge is 0.259 e. The SMILES string of the molecule is CCOc1ncccc1C(=O)N1CC[C@H](O)[C@]2(CCCO2)C1. The highest BCUT2D eigenvalue weighted by molar-refractivity contribution is 5.96. The lowest BCUT2D eigenvalue weighted by Gasteiger charge is -2.43. The van der Waals surface area contributed by atoms with Gasteiger partial charge in [-0.15, -0.1) is 0 Å². The van der Waals surface area contributed by atoms with Crippen molar-refractivity contribution in [3.8, 4) is 5.88 Å². The first kappa shape index (κ1) is 15.2. The van der Waals surface area contributed by atoms with Gasteiger partial charge in [-0.2, -0.15) is 0 Å². The molecule has 0 saturated carbocycles. The van der Waals surface area contributed by atoms with Crippen molar-refractivity contribution >= 4 is 5.91 Å². The average Bonchev–Trinajstić information content (AvgIpc) is 3.00. The molecule has 2 aliphatic rings. The number of carbonyl (C=O) groups is 1. The van der Waals surface area contributed by atoms with Gasteiger partial charge in [-0.25, -0.2) is 4.98 Å². The number of likely N-dealkylation sites (tertiary alicyclic amines) is 1. The minimum absolute atomic E-state index is 0.113. The molecule has 3 heterocycles. The Morgan fingerprint density at radius 3 is 3.23 bits per heavy atom. The maximum atomic E-state index is 12.8. The van der Waals surface area contributed by atoms with Crippen LogP contribution >= 0.6 is 0 Å². The lowest BCUT2D eigenvalue weighted by atomic mass is 9.87. The van der Waals surface area contributed by atoms with Gasteiger partial charge in [0.15, 0.2) is 0 Å². The summed E-state index contributed by atoms with van der Waals surface area (Å²) in [6.45, 7) is 3.92. The number of hydrogen-bond donors (Lipinski definition) is 1. The largest absolute Gasteiger partial charge is 0.477 e. The van der Waals surface area contributed by atoms with Gasteiger partial charge >= 0.3 is 0 Å². The molecular formula is C16H22N2O4. The zero-order chi connectivity index (χ0) is 15.6. The Hall–Kier alpha value is -1.66. The summed E-state index contributed by atoms with van der Waals surface area (Å²) in [5.74, 6) is 0.251. The van der Waals surface area contributed by atoms with Gasteiger partial charge in [0.25, 0.3) is 5.91 Å². The number of nitrogens with zero attached hydrogens (tertiary/aromatic N) is 2. The van der Waals surface area contributed by atoms with Gasteiger partial charge in [0.05, 0.1) is 19.3 Å². The average molecular weight is 306 g/mol. The molecule has 1 aromatic rings. The Kier molecular flexibility index (Phi) is 4.31. The summed E-state index contributed by atoms with van der Waals surface area (Å²) in [4.78, 5) is 18.7. The second-order valence-corrected chi connectivity index (χ2v) is 5.84. The van der Waals surface area contributed by atoms with Crippen LogP contribution in [0, 0.1) is 0 Å². The zero-order valence-corrected chi connectivity index (χ0v) is 12.8. The van der Waals surface area contributed by atoms with Crippen LogP contribution in [0.4, 0.5) is 0 Å². The molecule has 2 fully saturated rings. The molecule has 2 atom stereocenters. The van der Waals surface area contributed by atoms with Crippen LogP contribution in [-0.4, -0.2) is 58.9 Å². The van der Waals surface area contributed by atoms with E-state index in [4.69, 9.17) is 9.47 Å². The third-order valence-corrected chi connectivity index (χ3v) is 4.44. The number of aromatic nitrogens is 1. The highest BCUT2D eigenvalue weighted by Crippen LogP contribution is 2.35. The molecule has 6 heteroatoms. The number of rotatable bonds is 3. The topological polar surface area (TPSA) is 71.9 Å². The van der Waals surface area contributed by atoms with Gasteiger partial charge in [-0.05, 0) is 38.3 Å². The Bertz CT molecular complexity index is 543. The van der Waals surface area contributed by atoms with E-state index >= 15 is 0 Å². The van der Waals surface area contributed by atoms with E-state index in [9.17, 15) is 9.90 Å². The van der Waals surface area contributed by atoms with E-state index in [-0.39, 0.29) is 5.91 Å². The quantitative estimate of drug-likeness (QED) is 0.909. The summed E-state index contributed by atoms with van der Waals surface area (Å²) in [7, 11) is 0. The fourth-order valence-corrected chi connectivity index (χ4v) is 3.30. The maximum absolute atomic E-state index is 12.8. The monoisotopic (exact) mass is 306 g/mol. The van der Waals surface area contributed by atoms with Crippen molar-refractivity contribution in [3.63, 3.8) is 0 Å². The molecule has 2 aliphatic heterocycles. The minimum Gasteiger partial charge on any atom is -0.477 e. The van der Waals surface area contributed by atoms with Crippen LogP contribution in [-0.2, 0) is 4.74 Å². The van der Waals surface area contributed by atoms with Crippen LogP contribution in [0.5, 0.6) is 5.88 Å². The van der Waals surface area contributed by atoms with Gasteiger partial charge in [0, 0.05) is 19.3 Å². The van der Waals surface area contributed by atoms with Crippen LogP contribution < -0.4 is 4.74 Å². The highest BCUT2D eigenvalue weighted by Gasteiger charge is 2.47. The number of amides is 1. The summed E-state index contributed by atoms with van der Waals surface area (Å²) >= 11 is 0. The minimum atomic E-state index is -0.595. The fourth-order valence-electron chi connectivity index (χ4n) is 3.30. The normalized spacial score (nSPS) is 28.1. The van der Waals surface area contributed by atoms with Crippen molar-refractivity contribution in [1.29, 1.82) is 0 Å². The molecular weight excluding hydrogens is 284 g/mol. The summed E-state index contributed by atoms with van der Waals surface area (Å²) in [5, 5.41) is 10.3. The first-order valence-corrected chi connectivity index (χ1v) is 7.85. The zero-order valence-electron chi connectivity index (χ0n) is 12.8. The van der Waals surface area contributed by atoms with Crippen molar-refractivity contribution in [2.75, 3.05) is 26.3 Å². The predicted octanol–water partition coefficient (Wildman–Crippen LogP) is 1.24. The van der Waals surface area contributed by atoms with Crippen molar-refractivity contribution in [1.82, 2.24) is 9.88 Å². The molecule has 1 aromatic heterocycles. The molecule has 0 unspecified atom stereocenters. The molecule has 0 aromatic carbocycles. The van der Waals surface area contributed by atoms with Crippen molar-refractivity contribution in [3.05, 3.63) is 23.9 Å². The molecule has 3 rings (SSSR count). The number of hydrogen-bond acceptors (Lipinski definition) is 5. The summed E-state index contributed by atoms with van der Waals surface area (Å²) in [6.07, 6.45) is 3.37. The number of pyridine rings is 1. The second kappa shape index (κ2) is 6.22. The molecule has 22 heavy (non-hydrogen) atoms. The maximum Gasteiger partial charge on any atom is 0.259 e. The van der Waals surface area contributed by atoms with E-state index in [0.717, 1.165) is 12.8 Å². The number of aliphatic hydroxyl groups is 1. The molecule has 0 aliphatic carbocycles. The van der Waals surface area contributed by atoms with E-state index in [2.05, 4.69) is 4.98 Å². The lowest BCUT2D eigenvalue weighted by molar-refractivity contribution is -0.124. The van der Waals surface area contributed by atoms with Crippen molar-refractivity contribution < 1.29 is 19.4 Å². The Morgan fingerprint density at radius 1 is 1.64 bits per heavy atom. The van der Waals surface area contributed by atoms with Crippen molar-refractivity contribution in [2.45, 2.75) is 37.9 Å². The molecule has 0 radical (unpaired) electrons. The first-order valence-electron chi connectivity index (χ1n) is 7.85. The van der Waals surface area contributed by atoms with Crippen molar-refractivity contribution in [2.24, 2.45) is 0 Å². The number of piperidine rings is 1. The van der Waals surface area contributed by atoms with Gasteiger partial charge in [0.1, 0.15) is 11.2 Å². The van der Waals surface area contributed by atoms with Gasteiger partial charge in [0.2, 0.25) is 5.88 Å². The fraction of sp³-hybridized carbons (Fsp3) is 0.625. The molecule has 1 amide bonds. The Balaban J connectivity index is 1.81. The van der Waals surface area contributed by atoms with Crippen LogP contribution in [0.1, 0.15) is 36.5 Å². The number of aliphatic hydroxyl groups excluding tert-OH is 1.